The molecule has 0 bridgehead atoms. The maximum Gasteiger partial charge on any atom is 0.332 e. The van der Waals surface area contributed by atoms with Crippen molar-refractivity contribution in [3.63, 3.8) is 0 Å². The van der Waals surface area contributed by atoms with Gasteiger partial charge in [-0.25, -0.2) is 9.78 Å². The molecule has 1 amide bonds. The number of para-hydroxylation sites is 1. The fourth-order valence-corrected chi connectivity index (χ4v) is 3.85. The van der Waals surface area contributed by atoms with Crippen LogP contribution < -0.4 is 16.1 Å². The number of aromatic nitrogens is 4. The number of nitrogens with zero attached hydrogens (tertiary/aromatic N) is 5. The van der Waals surface area contributed by atoms with Crippen LogP contribution in [0.4, 0.5) is 5.69 Å². The van der Waals surface area contributed by atoms with Crippen LogP contribution in [0.3, 0.4) is 0 Å². The van der Waals surface area contributed by atoms with Crippen LogP contribution in [0.15, 0.2) is 38.6 Å². The summed E-state index contributed by atoms with van der Waals surface area (Å²) < 4.78 is 4.17. The fourth-order valence-electron chi connectivity index (χ4n) is 3.38. The van der Waals surface area contributed by atoms with Crippen LogP contribution >= 0.6 is 15.9 Å². The molecular weight excluding hydrogens is 402 g/mol. The van der Waals surface area contributed by atoms with Crippen molar-refractivity contribution in [1.29, 1.82) is 0 Å². The van der Waals surface area contributed by atoms with Crippen molar-refractivity contribution in [2.24, 2.45) is 14.1 Å². The molecule has 8 nitrogen and oxygen atoms in total. The van der Waals surface area contributed by atoms with Crippen molar-refractivity contribution in [2.75, 3.05) is 11.4 Å². The Bertz CT molecular complexity index is 1170. The molecule has 0 N–H and O–H groups in total. The summed E-state index contributed by atoms with van der Waals surface area (Å²) in [5.41, 5.74) is 1.57. The van der Waals surface area contributed by atoms with Gasteiger partial charge >= 0.3 is 5.69 Å². The molecule has 3 heterocycles. The summed E-state index contributed by atoms with van der Waals surface area (Å²) in [6.45, 7) is 0.567. The highest BCUT2D eigenvalue weighted by Crippen LogP contribution is 2.28. The molecule has 0 fully saturated rings. The Labute approximate surface area is 156 Å². The lowest BCUT2D eigenvalue weighted by molar-refractivity contribution is -0.119. The van der Waals surface area contributed by atoms with E-state index in [9.17, 15) is 14.4 Å². The van der Waals surface area contributed by atoms with Gasteiger partial charge in [-0.2, -0.15) is 0 Å². The van der Waals surface area contributed by atoms with Crippen molar-refractivity contribution in [3.05, 3.63) is 55.4 Å². The molecule has 3 aromatic rings. The summed E-state index contributed by atoms with van der Waals surface area (Å²) in [5, 5.41) is 0. The average molecular weight is 418 g/mol. The molecule has 0 saturated carbocycles. The molecule has 1 aliphatic rings. The Morgan fingerprint density at radius 1 is 1.19 bits per heavy atom. The summed E-state index contributed by atoms with van der Waals surface area (Å²) in [6.07, 6.45) is 0.810. The molecular formula is C17H16BrN5O3. The van der Waals surface area contributed by atoms with Gasteiger partial charge in [-0.05, 0) is 34.0 Å². The molecule has 1 aromatic carbocycles. The van der Waals surface area contributed by atoms with E-state index in [1.54, 1.807) is 11.9 Å². The van der Waals surface area contributed by atoms with E-state index < -0.39 is 11.2 Å². The van der Waals surface area contributed by atoms with Crippen LogP contribution in [0, 0.1) is 0 Å². The van der Waals surface area contributed by atoms with E-state index in [2.05, 4.69) is 20.9 Å². The fraction of sp³-hybridized carbons (Fsp3) is 0.294. The zero-order valence-corrected chi connectivity index (χ0v) is 15.9. The maximum atomic E-state index is 12.9. The van der Waals surface area contributed by atoms with Crippen LogP contribution in [0.25, 0.3) is 11.2 Å². The molecule has 134 valence electrons. The van der Waals surface area contributed by atoms with Crippen LogP contribution in [0.2, 0.25) is 0 Å². The monoisotopic (exact) mass is 417 g/mol. The molecule has 0 spiro atoms. The lowest BCUT2D eigenvalue weighted by atomic mass is 10.2. The minimum Gasteiger partial charge on any atom is -0.310 e. The summed E-state index contributed by atoms with van der Waals surface area (Å²) in [4.78, 5) is 43.5. The second-order valence-corrected chi connectivity index (χ2v) is 6.98. The molecule has 0 radical (unpaired) electrons. The number of hydrogen-bond acceptors (Lipinski definition) is 4. The number of carbonyl (C=O) groups excluding carboxylic acids is 1. The third-order valence-electron chi connectivity index (χ3n) is 4.78. The summed E-state index contributed by atoms with van der Waals surface area (Å²) in [6, 6.07) is 7.79. The number of imidazole rings is 1. The molecule has 4 rings (SSSR count). The van der Waals surface area contributed by atoms with Crippen LogP contribution in [0.5, 0.6) is 0 Å². The highest BCUT2D eigenvalue weighted by Gasteiger charge is 2.26. The molecule has 0 atom stereocenters. The number of amides is 1. The van der Waals surface area contributed by atoms with Gasteiger partial charge < -0.3 is 9.47 Å². The zero-order chi connectivity index (χ0) is 18.6. The number of halogens is 1. The number of aryl methyl sites for hydroxylation is 1. The van der Waals surface area contributed by atoms with Gasteiger partial charge in [-0.15, -0.1) is 0 Å². The first-order chi connectivity index (χ1) is 12.4. The van der Waals surface area contributed by atoms with E-state index in [0.717, 1.165) is 22.2 Å². The molecule has 0 saturated heterocycles. The summed E-state index contributed by atoms with van der Waals surface area (Å²) >= 11 is 3.31. The van der Waals surface area contributed by atoms with Crippen LogP contribution in [-0.4, -0.2) is 31.1 Å². The molecule has 26 heavy (non-hydrogen) atoms. The lowest BCUT2D eigenvalue weighted by Gasteiger charge is -2.18. The van der Waals surface area contributed by atoms with E-state index in [4.69, 9.17) is 0 Å². The van der Waals surface area contributed by atoms with Crippen molar-refractivity contribution in [3.8, 4) is 0 Å². The Kier molecular flexibility index (Phi) is 3.83. The van der Waals surface area contributed by atoms with Gasteiger partial charge in [0.05, 0.1) is 0 Å². The molecule has 0 aliphatic carbocycles. The van der Waals surface area contributed by atoms with Crippen molar-refractivity contribution < 1.29 is 4.79 Å². The lowest BCUT2D eigenvalue weighted by Crippen LogP contribution is -2.38. The standard InChI is InChI=1S/C17H16BrN5O3/c1-20-14-13(15(25)21(2)17(20)26)23(16(18)19-14)9-12(24)22-8-7-10-5-3-4-6-11(10)22/h3-6H,7-9H2,1-2H3. The number of benzene rings is 1. The Balaban J connectivity index is 1.79. The topological polar surface area (TPSA) is 82.1 Å². The van der Waals surface area contributed by atoms with E-state index in [1.165, 1.54) is 16.2 Å². The second kappa shape index (κ2) is 5.94. The van der Waals surface area contributed by atoms with E-state index in [-0.39, 0.29) is 23.6 Å². The predicted molar refractivity (Wildman–Crippen MR) is 100 cm³/mol. The predicted octanol–water partition coefficient (Wildman–Crippen LogP) is 0.785. The quantitative estimate of drug-likeness (QED) is 0.577. The van der Waals surface area contributed by atoms with E-state index in [0.29, 0.717) is 11.3 Å². The van der Waals surface area contributed by atoms with Crippen molar-refractivity contribution in [1.82, 2.24) is 18.7 Å². The minimum atomic E-state index is -0.476. The van der Waals surface area contributed by atoms with Gasteiger partial charge in [0.25, 0.3) is 5.56 Å². The van der Waals surface area contributed by atoms with E-state index >= 15 is 0 Å². The van der Waals surface area contributed by atoms with Gasteiger partial charge in [-0.3, -0.25) is 18.7 Å². The van der Waals surface area contributed by atoms with Crippen molar-refractivity contribution >= 4 is 38.7 Å². The average Bonchev–Trinajstić information content (AvgIpc) is 3.20. The van der Waals surface area contributed by atoms with E-state index in [1.807, 2.05) is 24.3 Å². The number of carbonyl (C=O) groups is 1. The maximum absolute atomic E-state index is 12.9. The summed E-state index contributed by atoms with van der Waals surface area (Å²) in [5.74, 6) is -0.133. The second-order valence-electron chi connectivity index (χ2n) is 6.27. The Morgan fingerprint density at radius 3 is 2.69 bits per heavy atom. The summed E-state index contributed by atoms with van der Waals surface area (Å²) in [7, 11) is 2.96. The first kappa shape index (κ1) is 16.8. The van der Waals surface area contributed by atoms with Gasteiger partial charge in [-0.1, -0.05) is 18.2 Å². The molecule has 1 aliphatic heterocycles. The zero-order valence-electron chi connectivity index (χ0n) is 14.3. The Morgan fingerprint density at radius 2 is 1.92 bits per heavy atom. The SMILES string of the molecule is Cn1c(=O)c2c(nc(Br)n2CC(=O)N2CCc3ccccc32)n(C)c1=O. The van der Waals surface area contributed by atoms with Crippen LogP contribution in [0.1, 0.15) is 5.56 Å². The van der Waals surface area contributed by atoms with Gasteiger partial charge in [0.2, 0.25) is 5.91 Å². The third-order valence-corrected chi connectivity index (χ3v) is 5.39. The molecule has 2 aromatic heterocycles. The Hall–Kier alpha value is -2.68. The number of anilines is 1. The first-order valence-corrected chi connectivity index (χ1v) is 8.89. The number of hydrogen-bond donors (Lipinski definition) is 0. The van der Waals surface area contributed by atoms with Gasteiger partial charge in [0.1, 0.15) is 6.54 Å². The van der Waals surface area contributed by atoms with Gasteiger partial charge in [0.15, 0.2) is 15.9 Å². The smallest absolute Gasteiger partial charge is 0.310 e. The minimum absolute atomic E-state index is 0.0428. The normalized spacial score (nSPS) is 13.4. The highest BCUT2D eigenvalue weighted by atomic mass is 79.9. The van der Waals surface area contributed by atoms with Gasteiger partial charge in [0, 0.05) is 26.3 Å². The first-order valence-electron chi connectivity index (χ1n) is 8.10. The largest absolute Gasteiger partial charge is 0.332 e. The number of fused-ring (bicyclic) bond motifs is 2. The number of rotatable bonds is 2. The third kappa shape index (κ3) is 2.34. The molecule has 0 unspecified atom stereocenters. The highest BCUT2D eigenvalue weighted by molar-refractivity contribution is 9.10. The van der Waals surface area contributed by atoms with Crippen molar-refractivity contribution in [2.45, 2.75) is 13.0 Å². The molecule has 9 heteroatoms. The van der Waals surface area contributed by atoms with Crippen LogP contribution in [-0.2, 0) is 31.9 Å².